The number of carbonyl (C=O) groups is 1. The number of benzene rings is 1. The van der Waals surface area contributed by atoms with Gasteiger partial charge in [0.15, 0.2) is 0 Å². The molecule has 4 heteroatoms. The van der Waals surface area contributed by atoms with Gasteiger partial charge in [-0.05, 0) is 31.5 Å². The Morgan fingerprint density at radius 1 is 1.38 bits per heavy atom. The molecule has 0 aliphatic heterocycles. The monoisotopic (exact) mass is 281 g/mol. The first-order valence-corrected chi connectivity index (χ1v) is 6.89. The first kappa shape index (κ1) is 14.8. The highest BCUT2D eigenvalue weighted by Gasteiger charge is 2.08. The van der Waals surface area contributed by atoms with Crippen molar-refractivity contribution in [3.05, 3.63) is 72.9 Å². The zero-order chi connectivity index (χ0) is 15.1. The van der Waals surface area contributed by atoms with Crippen LogP contribution in [0, 0.1) is 0 Å². The smallest absolute Gasteiger partial charge is 0.244 e. The molecule has 0 aliphatic rings. The number of carbonyl (C=O) groups excluding carboxylic acids is 1. The van der Waals surface area contributed by atoms with Gasteiger partial charge in [-0.25, -0.2) is 4.98 Å². The molecule has 1 atom stereocenters. The third kappa shape index (κ3) is 4.18. The predicted octanol–water partition coefficient (Wildman–Crippen LogP) is 3.18. The minimum absolute atomic E-state index is 0.0590. The van der Waals surface area contributed by atoms with E-state index in [2.05, 4.69) is 10.3 Å². The minimum atomic E-state index is -0.103. The van der Waals surface area contributed by atoms with Gasteiger partial charge >= 0.3 is 0 Å². The number of imidazole rings is 1. The number of rotatable bonds is 5. The molecule has 1 N–H and O–H groups in total. The fraction of sp³-hybridized carbons (Fsp3) is 0.176. The topological polar surface area (TPSA) is 46.9 Å². The van der Waals surface area contributed by atoms with Gasteiger partial charge in [-0.2, -0.15) is 0 Å². The highest BCUT2D eigenvalue weighted by molar-refractivity contribution is 5.88. The van der Waals surface area contributed by atoms with E-state index in [4.69, 9.17) is 0 Å². The summed E-state index contributed by atoms with van der Waals surface area (Å²) in [6, 6.07) is 7.97. The number of hydrogen-bond donors (Lipinski definition) is 1. The fourth-order valence-electron chi connectivity index (χ4n) is 1.97. The number of aromatic nitrogens is 2. The summed E-state index contributed by atoms with van der Waals surface area (Å²) in [6.45, 7) is 3.88. The lowest BCUT2D eigenvalue weighted by Crippen LogP contribution is -2.24. The molecule has 0 unspecified atom stereocenters. The first-order valence-electron chi connectivity index (χ1n) is 6.89. The maximum absolute atomic E-state index is 11.8. The van der Waals surface area contributed by atoms with E-state index >= 15 is 0 Å². The van der Waals surface area contributed by atoms with Crippen molar-refractivity contribution in [3.8, 4) is 5.69 Å². The zero-order valence-electron chi connectivity index (χ0n) is 12.2. The largest absolute Gasteiger partial charge is 0.346 e. The molecule has 108 valence electrons. The summed E-state index contributed by atoms with van der Waals surface area (Å²) in [5.41, 5.74) is 2.07. The van der Waals surface area contributed by atoms with Crippen molar-refractivity contribution < 1.29 is 4.79 Å². The average Bonchev–Trinajstić information content (AvgIpc) is 3.02. The highest BCUT2D eigenvalue weighted by atomic mass is 16.1. The maximum Gasteiger partial charge on any atom is 0.244 e. The van der Waals surface area contributed by atoms with Crippen molar-refractivity contribution in [1.29, 1.82) is 0 Å². The Balaban J connectivity index is 2.07. The molecule has 2 rings (SSSR count). The summed E-state index contributed by atoms with van der Waals surface area (Å²) < 4.78 is 1.93. The van der Waals surface area contributed by atoms with Crippen LogP contribution in [0.15, 0.2) is 67.3 Å². The molecule has 4 nitrogen and oxygen atoms in total. The predicted molar refractivity (Wildman–Crippen MR) is 84.1 cm³/mol. The van der Waals surface area contributed by atoms with Crippen molar-refractivity contribution in [2.75, 3.05) is 0 Å². The van der Waals surface area contributed by atoms with Gasteiger partial charge in [0, 0.05) is 24.2 Å². The quantitative estimate of drug-likeness (QED) is 0.676. The molecule has 0 bridgehead atoms. The van der Waals surface area contributed by atoms with Crippen LogP contribution < -0.4 is 5.32 Å². The van der Waals surface area contributed by atoms with Crippen LogP contribution in [0.1, 0.15) is 25.5 Å². The Labute approximate surface area is 124 Å². The van der Waals surface area contributed by atoms with Crippen molar-refractivity contribution in [2.24, 2.45) is 0 Å². The van der Waals surface area contributed by atoms with Crippen molar-refractivity contribution >= 4 is 5.91 Å². The van der Waals surface area contributed by atoms with E-state index in [1.54, 1.807) is 18.6 Å². The number of allylic oxidation sites excluding steroid dienone is 3. The van der Waals surface area contributed by atoms with E-state index in [1.807, 2.05) is 61.0 Å². The molecular weight excluding hydrogens is 262 g/mol. The maximum atomic E-state index is 11.8. The molecule has 2 aromatic rings. The zero-order valence-corrected chi connectivity index (χ0v) is 12.2. The lowest BCUT2D eigenvalue weighted by molar-refractivity contribution is -0.117. The second kappa shape index (κ2) is 7.24. The van der Waals surface area contributed by atoms with E-state index in [-0.39, 0.29) is 11.9 Å². The van der Waals surface area contributed by atoms with Crippen LogP contribution in [0.4, 0.5) is 0 Å². The summed E-state index contributed by atoms with van der Waals surface area (Å²) in [6.07, 6.45) is 12.3. The summed E-state index contributed by atoms with van der Waals surface area (Å²) in [4.78, 5) is 15.8. The van der Waals surface area contributed by atoms with E-state index in [0.29, 0.717) is 0 Å². The van der Waals surface area contributed by atoms with Gasteiger partial charge in [0.1, 0.15) is 0 Å². The molecule has 0 saturated heterocycles. The van der Waals surface area contributed by atoms with Gasteiger partial charge in [-0.15, -0.1) is 0 Å². The van der Waals surface area contributed by atoms with Crippen LogP contribution in [-0.4, -0.2) is 15.5 Å². The lowest BCUT2D eigenvalue weighted by Gasteiger charge is -2.14. The summed E-state index contributed by atoms with van der Waals surface area (Å²) in [5, 5.41) is 2.94. The third-order valence-corrected chi connectivity index (χ3v) is 3.08. The second-order valence-corrected chi connectivity index (χ2v) is 4.68. The molecule has 1 heterocycles. The number of hydrogen-bond acceptors (Lipinski definition) is 2. The SMILES string of the molecule is C/C=C/C=C/C(=O)N[C@H](C)c1cccc(-n2ccnc2)c1. The normalized spacial score (nSPS) is 12.9. The van der Waals surface area contributed by atoms with E-state index in [9.17, 15) is 4.79 Å². The Hall–Kier alpha value is -2.62. The number of amides is 1. The Bertz CT molecular complexity index is 642. The number of nitrogens with one attached hydrogen (secondary N) is 1. The van der Waals surface area contributed by atoms with Crippen LogP contribution in [0.25, 0.3) is 5.69 Å². The molecule has 1 amide bonds. The van der Waals surface area contributed by atoms with Crippen molar-refractivity contribution in [2.45, 2.75) is 19.9 Å². The van der Waals surface area contributed by atoms with E-state index in [1.165, 1.54) is 6.08 Å². The van der Waals surface area contributed by atoms with E-state index in [0.717, 1.165) is 11.3 Å². The molecule has 1 aromatic carbocycles. The molecule has 0 saturated carbocycles. The molecule has 21 heavy (non-hydrogen) atoms. The lowest BCUT2D eigenvalue weighted by atomic mass is 10.1. The van der Waals surface area contributed by atoms with Crippen LogP contribution in [-0.2, 0) is 4.79 Å². The van der Waals surface area contributed by atoms with Crippen LogP contribution >= 0.6 is 0 Å². The average molecular weight is 281 g/mol. The first-order chi connectivity index (χ1) is 10.2. The van der Waals surface area contributed by atoms with Crippen molar-refractivity contribution in [1.82, 2.24) is 14.9 Å². The van der Waals surface area contributed by atoms with Gasteiger partial charge in [-0.3, -0.25) is 4.79 Å². The van der Waals surface area contributed by atoms with E-state index < -0.39 is 0 Å². The Morgan fingerprint density at radius 3 is 2.95 bits per heavy atom. The minimum Gasteiger partial charge on any atom is -0.346 e. The van der Waals surface area contributed by atoms with Gasteiger partial charge in [-0.1, -0.05) is 30.4 Å². The summed E-state index contributed by atoms with van der Waals surface area (Å²) in [7, 11) is 0. The standard InChI is InChI=1S/C17H19N3O/c1-3-4-5-9-17(21)19-14(2)15-7-6-8-16(12-15)20-11-10-18-13-20/h3-14H,1-2H3,(H,19,21)/b4-3+,9-5+/t14-/m1/s1. The summed E-state index contributed by atoms with van der Waals surface area (Å²) >= 11 is 0. The van der Waals surface area contributed by atoms with Crippen LogP contribution in [0.3, 0.4) is 0 Å². The molecule has 0 spiro atoms. The van der Waals surface area contributed by atoms with Gasteiger partial charge in [0.05, 0.1) is 12.4 Å². The number of nitrogens with zero attached hydrogens (tertiary/aromatic N) is 2. The Kier molecular flexibility index (Phi) is 5.10. The van der Waals surface area contributed by atoms with Crippen LogP contribution in [0.2, 0.25) is 0 Å². The summed E-state index contributed by atoms with van der Waals surface area (Å²) in [5.74, 6) is -0.103. The highest BCUT2D eigenvalue weighted by Crippen LogP contribution is 2.16. The Morgan fingerprint density at radius 2 is 2.24 bits per heavy atom. The third-order valence-electron chi connectivity index (χ3n) is 3.08. The van der Waals surface area contributed by atoms with Crippen LogP contribution in [0.5, 0.6) is 0 Å². The molecule has 0 fully saturated rings. The molecule has 0 aliphatic carbocycles. The van der Waals surface area contributed by atoms with Crippen molar-refractivity contribution in [3.63, 3.8) is 0 Å². The molecular formula is C17H19N3O. The van der Waals surface area contributed by atoms with Gasteiger partial charge in [0.25, 0.3) is 0 Å². The van der Waals surface area contributed by atoms with Gasteiger partial charge in [0.2, 0.25) is 5.91 Å². The molecule has 0 radical (unpaired) electrons. The second-order valence-electron chi connectivity index (χ2n) is 4.68. The van der Waals surface area contributed by atoms with Gasteiger partial charge < -0.3 is 9.88 Å². The fourth-order valence-corrected chi connectivity index (χ4v) is 1.97. The molecule has 1 aromatic heterocycles.